The predicted octanol–water partition coefficient (Wildman–Crippen LogP) is 4.53. The van der Waals surface area contributed by atoms with Gasteiger partial charge in [0.1, 0.15) is 0 Å². The molecule has 2 aromatic heterocycles. The van der Waals surface area contributed by atoms with Gasteiger partial charge in [-0.1, -0.05) is 12.1 Å². The van der Waals surface area contributed by atoms with Crippen molar-refractivity contribution in [2.75, 3.05) is 5.32 Å². The number of hydrogen-bond acceptors (Lipinski definition) is 3. The van der Waals surface area contributed by atoms with Gasteiger partial charge in [0.05, 0.1) is 11.0 Å². The zero-order valence-corrected chi connectivity index (χ0v) is 11.3. The van der Waals surface area contributed by atoms with E-state index in [0.717, 1.165) is 33.2 Å². The van der Waals surface area contributed by atoms with E-state index in [9.17, 15) is 0 Å². The third-order valence-corrected chi connectivity index (χ3v) is 3.56. The number of rotatable bonds is 2. The smallest absolute Gasteiger partial charge is 0.0722 e. The van der Waals surface area contributed by atoms with E-state index in [4.69, 9.17) is 0 Å². The van der Waals surface area contributed by atoms with Crippen molar-refractivity contribution in [3.63, 3.8) is 0 Å². The van der Waals surface area contributed by atoms with Crippen LogP contribution in [-0.4, -0.2) is 9.97 Å². The second kappa shape index (κ2) is 4.87. The second-order valence-corrected chi connectivity index (χ2v) is 4.88. The minimum atomic E-state index is 0.987. The molecule has 0 bridgehead atoms. The fraction of sp³-hybridized carbons (Fsp3) is 0. The lowest BCUT2D eigenvalue weighted by atomic mass is 10.1. The Bertz CT molecular complexity index is 844. The number of benzene rings is 2. The van der Waals surface area contributed by atoms with Gasteiger partial charge in [-0.15, -0.1) is 0 Å². The van der Waals surface area contributed by atoms with Crippen molar-refractivity contribution in [2.45, 2.75) is 0 Å². The van der Waals surface area contributed by atoms with E-state index in [1.807, 2.05) is 48.8 Å². The van der Waals surface area contributed by atoms with Crippen LogP contribution in [0.2, 0.25) is 0 Å². The Morgan fingerprint density at radius 1 is 0.571 bits per heavy atom. The Morgan fingerprint density at radius 3 is 1.62 bits per heavy atom. The maximum atomic E-state index is 4.39. The average molecular weight is 271 g/mol. The third-order valence-electron chi connectivity index (χ3n) is 3.56. The number of fused-ring (bicyclic) bond motifs is 2. The third kappa shape index (κ3) is 2.09. The highest BCUT2D eigenvalue weighted by Gasteiger charge is 2.04. The lowest BCUT2D eigenvalue weighted by molar-refractivity contribution is 1.40. The van der Waals surface area contributed by atoms with Crippen LogP contribution in [0.4, 0.5) is 11.4 Å². The molecule has 3 nitrogen and oxygen atoms in total. The lowest BCUT2D eigenvalue weighted by Gasteiger charge is -2.11. The van der Waals surface area contributed by atoms with Gasteiger partial charge in [0, 0.05) is 34.5 Å². The first kappa shape index (κ1) is 11.9. The number of pyridine rings is 2. The zero-order chi connectivity index (χ0) is 14.1. The van der Waals surface area contributed by atoms with Crippen molar-refractivity contribution in [3.8, 4) is 0 Å². The molecule has 0 saturated heterocycles. The molecule has 0 unspecified atom stereocenters. The Labute approximate surface area is 122 Å². The predicted molar refractivity (Wildman–Crippen MR) is 86.8 cm³/mol. The Morgan fingerprint density at radius 2 is 1.10 bits per heavy atom. The molecule has 0 saturated carbocycles. The molecular weight excluding hydrogens is 258 g/mol. The highest BCUT2D eigenvalue weighted by Crippen LogP contribution is 2.29. The van der Waals surface area contributed by atoms with Crippen molar-refractivity contribution < 1.29 is 0 Å². The summed E-state index contributed by atoms with van der Waals surface area (Å²) >= 11 is 0. The molecule has 0 aliphatic heterocycles. The monoisotopic (exact) mass is 271 g/mol. The van der Waals surface area contributed by atoms with Crippen molar-refractivity contribution in [2.24, 2.45) is 0 Å². The number of hydrogen-bond donors (Lipinski definition) is 1. The Hall–Kier alpha value is -2.94. The van der Waals surface area contributed by atoms with E-state index in [-0.39, 0.29) is 0 Å². The van der Waals surface area contributed by atoms with Crippen LogP contribution < -0.4 is 5.32 Å². The fourth-order valence-electron chi connectivity index (χ4n) is 2.57. The van der Waals surface area contributed by atoms with Gasteiger partial charge in [0.2, 0.25) is 0 Å². The van der Waals surface area contributed by atoms with E-state index >= 15 is 0 Å². The van der Waals surface area contributed by atoms with Gasteiger partial charge >= 0.3 is 0 Å². The topological polar surface area (TPSA) is 37.8 Å². The molecule has 0 spiro atoms. The standard InChI is InChI=1S/C18H13N3/c1-7-15-13(5-3-11-19-15)17(9-1)21-18-10-2-8-16-14(18)6-4-12-20-16/h1-12,21H. The molecule has 4 rings (SSSR count). The number of anilines is 2. The molecule has 0 aliphatic carbocycles. The average Bonchev–Trinajstić information content (AvgIpc) is 2.56. The van der Waals surface area contributed by atoms with Crippen LogP contribution in [0.3, 0.4) is 0 Å². The first-order valence-corrected chi connectivity index (χ1v) is 6.86. The van der Waals surface area contributed by atoms with Crippen molar-refractivity contribution in [3.05, 3.63) is 73.1 Å². The van der Waals surface area contributed by atoms with Gasteiger partial charge in [0.25, 0.3) is 0 Å². The molecule has 0 fully saturated rings. The number of aromatic nitrogens is 2. The zero-order valence-electron chi connectivity index (χ0n) is 11.3. The summed E-state index contributed by atoms with van der Waals surface area (Å²) in [6.45, 7) is 0. The second-order valence-electron chi connectivity index (χ2n) is 4.88. The van der Waals surface area contributed by atoms with E-state index < -0.39 is 0 Å². The molecule has 2 heterocycles. The summed E-state index contributed by atoms with van der Waals surface area (Å²) in [5.74, 6) is 0. The molecule has 0 amide bonds. The number of nitrogens with one attached hydrogen (secondary N) is 1. The summed E-state index contributed by atoms with van der Waals surface area (Å²) in [5, 5.41) is 5.73. The van der Waals surface area contributed by atoms with Gasteiger partial charge in [-0.05, 0) is 48.5 Å². The summed E-state index contributed by atoms with van der Waals surface area (Å²) in [7, 11) is 0. The van der Waals surface area contributed by atoms with E-state index in [1.54, 1.807) is 0 Å². The van der Waals surface area contributed by atoms with Gasteiger partial charge in [-0.2, -0.15) is 0 Å². The first-order chi connectivity index (χ1) is 10.4. The highest BCUT2D eigenvalue weighted by atomic mass is 14.9. The van der Waals surface area contributed by atoms with Crippen molar-refractivity contribution in [1.29, 1.82) is 0 Å². The van der Waals surface area contributed by atoms with E-state index in [0.29, 0.717) is 0 Å². The summed E-state index contributed by atoms with van der Waals surface area (Å²) in [6.07, 6.45) is 3.63. The molecular formula is C18H13N3. The molecule has 100 valence electrons. The normalized spacial score (nSPS) is 10.9. The maximum absolute atomic E-state index is 4.39. The van der Waals surface area contributed by atoms with Gasteiger partial charge in [0.15, 0.2) is 0 Å². The molecule has 3 heteroatoms. The van der Waals surface area contributed by atoms with Crippen LogP contribution >= 0.6 is 0 Å². The van der Waals surface area contributed by atoms with Crippen LogP contribution in [0.15, 0.2) is 73.1 Å². The number of nitrogens with zero attached hydrogens (tertiary/aromatic N) is 2. The molecule has 0 aliphatic rings. The summed E-state index contributed by atoms with van der Waals surface area (Å²) in [5.41, 5.74) is 4.08. The molecule has 2 aromatic carbocycles. The minimum Gasteiger partial charge on any atom is -0.354 e. The van der Waals surface area contributed by atoms with Crippen LogP contribution in [0.5, 0.6) is 0 Å². The Balaban J connectivity index is 1.87. The lowest BCUT2D eigenvalue weighted by Crippen LogP contribution is -1.93. The SMILES string of the molecule is c1cc(Nc2cccc3ncccc23)c2cccnc2c1. The van der Waals surface area contributed by atoms with Crippen molar-refractivity contribution >= 4 is 33.2 Å². The van der Waals surface area contributed by atoms with Gasteiger partial charge < -0.3 is 5.32 Å². The molecule has 0 radical (unpaired) electrons. The largest absolute Gasteiger partial charge is 0.354 e. The van der Waals surface area contributed by atoms with Crippen LogP contribution in [-0.2, 0) is 0 Å². The van der Waals surface area contributed by atoms with Gasteiger partial charge in [-0.3, -0.25) is 9.97 Å². The van der Waals surface area contributed by atoms with E-state index in [1.165, 1.54) is 0 Å². The fourth-order valence-corrected chi connectivity index (χ4v) is 2.57. The quantitative estimate of drug-likeness (QED) is 0.582. The van der Waals surface area contributed by atoms with Crippen LogP contribution in [0.1, 0.15) is 0 Å². The Kier molecular flexibility index (Phi) is 2.75. The first-order valence-electron chi connectivity index (χ1n) is 6.86. The molecule has 0 atom stereocenters. The summed E-state index contributed by atoms with van der Waals surface area (Å²) in [4.78, 5) is 8.79. The van der Waals surface area contributed by atoms with Crippen LogP contribution in [0.25, 0.3) is 21.8 Å². The maximum Gasteiger partial charge on any atom is 0.0722 e. The molecule has 21 heavy (non-hydrogen) atoms. The molecule has 4 aromatic rings. The summed E-state index contributed by atoms with van der Waals surface area (Å²) in [6, 6.07) is 20.3. The van der Waals surface area contributed by atoms with Crippen molar-refractivity contribution in [1.82, 2.24) is 9.97 Å². The highest BCUT2D eigenvalue weighted by molar-refractivity contribution is 5.98. The minimum absolute atomic E-state index is 0.987. The molecule has 1 N–H and O–H groups in total. The summed E-state index contributed by atoms with van der Waals surface area (Å²) < 4.78 is 0. The van der Waals surface area contributed by atoms with E-state index in [2.05, 4.69) is 39.6 Å². The van der Waals surface area contributed by atoms with Gasteiger partial charge in [-0.25, -0.2) is 0 Å². The van der Waals surface area contributed by atoms with Crippen LogP contribution in [0, 0.1) is 0 Å².